The number of rotatable bonds is 6. The third-order valence-corrected chi connectivity index (χ3v) is 5.72. The molecule has 0 radical (unpaired) electrons. The van der Waals surface area contributed by atoms with Crippen molar-refractivity contribution in [1.29, 1.82) is 0 Å². The molecule has 0 aromatic carbocycles. The molecule has 0 unspecified atom stereocenters. The van der Waals surface area contributed by atoms with Gasteiger partial charge in [0.05, 0.1) is 16.8 Å². The number of piperidine rings is 1. The minimum Gasteiger partial charge on any atom is -0.375 e. The molecule has 138 valence electrons. The lowest BCUT2D eigenvalue weighted by molar-refractivity contribution is 0.151. The van der Waals surface area contributed by atoms with Gasteiger partial charge in [-0.2, -0.15) is 4.98 Å². The van der Waals surface area contributed by atoms with E-state index in [0.717, 1.165) is 37.3 Å². The molecular formula is C17H22N6O2S. The molecule has 0 atom stereocenters. The first kappa shape index (κ1) is 17.3. The van der Waals surface area contributed by atoms with E-state index in [-0.39, 0.29) is 0 Å². The third kappa shape index (κ3) is 3.55. The summed E-state index contributed by atoms with van der Waals surface area (Å²) in [6.45, 7) is 5.01. The van der Waals surface area contributed by atoms with Gasteiger partial charge in [-0.05, 0) is 30.7 Å². The SMILES string of the molecule is COCc1nc(CNC2CCN(c3ncnc4c(C)csc34)CC2)no1. The molecule has 8 nitrogen and oxygen atoms in total. The van der Waals surface area contributed by atoms with Gasteiger partial charge in [0.2, 0.25) is 0 Å². The van der Waals surface area contributed by atoms with E-state index in [1.807, 2.05) is 0 Å². The average molecular weight is 374 g/mol. The maximum absolute atomic E-state index is 5.12. The lowest BCUT2D eigenvalue weighted by Crippen LogP contribution is -2.42. The molecule has 1 aliphatic heterocycles. The van der Waals surface area contributed by atoms with Gasteiger partial charge in [0.25, 0.3) is 5.89 Å². The Bertz CT molecular complexity index is 871. The van der Waals surface area contributed by atoms with Gasteiger partial charge < -0.3 is 19.5 Å². The van der Waals surface area contributed by atoms with Gasteiger partial charge in [-0.15, -0.1) is 11.3 Å². The van der Waals surface area contributed by atoms with Crippen LogP contribution in [0.4, 0.5) is 5.82 Å². The maximum atomic E-state index is 5.12. The van der Waals surface area contributed by atoms with Crippen molar-refractivity contribution < 1.29 is 9.26 Å². The molecule has 0 aliphatic carbocycles. The Balaban J connectivity index is 1.33. The molecule has 0 bridgehead atoms. The van der Waals surface area contributed by atoms with Crippen LogP contribution in [0.25, 0.3) is 10.2 Å². The monoisotopic (exact) mass is 374 g/mol. The van der Waals surface area contributed by atoms with Crippen molar-refractivity contribution in [3.8, 4) is 0 Å². The van der Waals surface area contributed by atoms with E-state index in [0.29, 0.717) is 30.9 Å². The van der Waals surface area contributed by atoms with Gasteiger partial charge >= 0.3 is 0 Å². The van der Waals surface area contributed by atoms with Crippen LogP contribution < -0.4 is 10.2 Å². The zero-order valence-corrected chi connectivity index (χ0v) is 15.8. The summed E-state index contributed by atoms with van der Waals surface area (Å²) >= 11 is 1.73. The first-order valence-corrected chi connectivity index (χ1v) is 9.60. The fourth-order valence-corrected chi connectivity index (χ4v) is 4.28. The molecule has 26 heavy (non-hydrogen) atoms. The van der Waals surface area contributed by atoms with Crippen LogP contribution in [0.3, 0.4) is 0 Å². The lowest BCUT2D eigenvalue weighted by Gasteiger charge is -2.33. The van der Waals surface area contributed by atoms with Crippen molar-refractivity contribution in [2.45, 2.75) is 39.0 Å². The van der Waals surface area contributed by atoms with Crippen LogP contribution in [0.2, 0.25) is 0 Å². The second-order valence-electron chi connectivity index (χ2n) is 6.47. The molecule has 1 fully saturated rings. The predicted molar refractivity (Wildman–Crippen MR) is 99.2 cm³/mol. The first-order chi connectivity index (χ1) is 12.7. The van der Waals surface area contributed by atoms with Crippen molar-refractivity contribution in [3.63, 3.8) is 0 Å². The van der Waals surface area contributed by atoms with Gasteiger partial charge in [-0.25, -0.2) is 9.97 Å². The predicted octanol–water partition coefficient (Wildman–Crippen LogP) is 2.29. The average Bonchev–Trinajstić information content (AvgIpc) is 3.28. The number of methoxy groups -OCH3 is 1. The number of nitrogens with zero attached hydrogens (tertiary/aromatic N) is 5. The van der Waals surface area contributed by atoms with Crippen molar-refractivity contribution in [3.05, 3.63) is 29.0 Å². The Kier molecular flexibility index (Phi) is 5.09. The highest BCUT2D eigenvalue weighted by Crippen LogP contribution is 2.32. The second-order valence-corrected chi connectivity index (χ2v) is 7.35. The summed E-state index contributed by atoms with van der Waals surface area (Å²) in [5.41, 5.74) is 2.29. The first-order valence-electron chi connectivity index (χ1n) is 8.72. The minimum atomic E-state index is 0.348. The van der Waals surface area contributed by atoms with Gasteiger partial charge in [0, 0.05) is 26.2 Å². The summed E-state index contributed by atoms with van der Waals surface area (Å²) in [6.07, 6.45) is 3.78. The van der Waals surface area contributed by atoms with Crippen LogP contribution >= 0.6 is 11.3 Å². The summed E-state index contributed by atoms with van der Waals surface area (Å²) in [5, 5.41) is 9.64. The summed E-state index contributed by atoms with van der Waals surface area (Å²) in [5.74, 6) is 2.25. The van der Waals surface area contributed by atoms with Crippen molar-refractivity contribution in [1.82, 2.24) is 25.4 Å². The Morgan fingerprint density at radius 2 is 2.19 bits per heavy atom. The number of nitrogens with one attached hydrogen (secondary N) is 1. The van der Waals surface area contributed by atoms with Crippen LogP contribution in [0.5, 0.6) is 0 Å². The van der Waals surface area contributed by atoms with Crippen LogP contribution in [0.15, 0.2) is 16.2 Å². The summed E-state index contributed by atoms with van der Waals surface area (Å²) in [6, 6.07) is 0.443. The van der Waals surface area contributed by atoms with Gasteiger partial charge in [-0.1, -0.05) is 5.16 Å². The van der Waals surface area contributed by atoms with E-state index < -0.39 is 0 Å². The second kappa shape index (κ2) is 7.65. The Hall–Kier alpha value is -2.10. The molecule has 3 aromatic heterocycles. The molecule has 1 saturated heterocycles. The number of hydrogen-bond donors (Lipinski definition) is 1. The fraction of sp³-hybridized carbons (Fsp3) is 0.529. The molecule has 4 heterocycles. The van der Waals surface area contributed by atoms with Crippen LogP contribution in [0.1, 0.15) is 30.1 Å². The Morgan fingerprint density at radius 1 is 1.35 bits per heavy atom. The standard InChI is InChI=1S/C17H22N6O2S/c1-11-9-26-16-15(11)19-10-20-17(16)23-5-3-12(4-6-23)18-7-13-21-14(8-24-2)25-22-13/h9-10,12,18H,3-8H2,1-2H3. The van der Waals surface area contributed by atoms with E-state index in [1.54, 1.807) is 24.8 Å². The maximum Gasteiger partial charge on any atom is 0.252 e. The number of ether oxygens (including phenoxy) is 1. The largest absolute Gasteiger partial charge is 0.375 e. The molecular weight excluding hydrogens is 352 g/mol. The van der Waals surface area contributed by atoms with Gasteiger partial charge in [0.15, 0.2) is 5.82 Å². The number of aryl methyl sites for hydroxylation is 1. The summed E-state index contributed by atoms with van der Waals surface area (Å²) < 4.78 is 11.3. The summed E-state index contributed by atoms with van der Waals surface area (Å²) in [7, 11) is 1.61. The number of fused-ring (bicyclic) bond motifs is 1. The Morgan fingerprint density at radius 3 is 3.00 bits per heavy atom. The summed E-state index contributed by atoms with van der Waals surface area (Å²) in [4.78, 5) is 15.6. The van der Waals surface area contributed by atoms with Crippen molar-refractivity contribution in [2.75, 3.05) is 25.1 Å². The van der Waals surface area contributed by atoms with Crippen LogP contribution in [0, 0.1) is 6.92 Å². The highest BCUT2D eigenvalue weighted by molar-refractivity contribution is 7.18. The molecule has 0 spiro atoms. The highest BCUT2D eigenvalue weighted by Gasteiger charge is 2.22. The minimum absolute atomic E-state index is 0.348. The normalized spacial score (nSPS) is 15.8. The van der Waals surface area contributed by atoms with E-state index in [4.69, 9.17) is 9.26 Å². The van der Waals surface area contributed by atoms with Crippen LogP contribution in [-0.2, 0) is 17.9 Å². The van der Waals surface area contributed by atoms with E-state index in [9.17, 15) is 0 Å². The third-order valence-electron chi connectivity index (χ3n) is 4.63. The van der Waals surface area contributed by atoms with Crippen LogP contribution in [-0.4, -0.2) is 46.3 Å². The fourth-order valence-electron chi connectivity index (χ4n) is 3.26. The molecule has 3 aromatic rings. The molecule has 9 heteroatoms. The van der Waals surface area contributed by atoms with E-state index in [1.165, 1.54) is 10.3 Å². The zero-order chi connectivity index (χ0) is 17.9. The van der Waals surface area contributed by atoms with Crippen molar-refractivity contribution >= 4 is 27.4 Å². The Labute approximate surface area is 155 Å². The lowest BCUT2D eigenvalue weighted by atomic mass is 10.0. The smallest absolute Gasteiger partial charge is 0.252 e. The topological polar surface area (TPSA) is 89.2 Å². The molecule has 1 aliphatic rings. The number of thiophene rings is 1. The number of aromatic nitrogens is 4. The van der Waals surface area contributed by atoms with Gasteiger partial charge in [-0.3, -0.25) is 0 Å². The van der Waals surface area contributed by atoms with Crippen molar-refractivity contribution in [2.24, 2.45) is 0 Å². The highest BCUT2D eigenvalue weighted by atomic mass is 32.1. The molecule has 4 rings (SSSR count). The van der Waals surface area contributed by atoms with E-state index >= 15 is 0 Å². The number of hydrogen-bond acceptors (Lipinski definition) is 9. The number of anilines is 1. The van der Waals surface area contributed by atoms with Gasteiger partial charge in [0.1, 0.15) is 18.8 Å². The molecule has 0 amide bonds. The van der Waals surface area contributed by atoms with E-state index in [2.05, 4.69) is 42.6 Å². The zero-order valence-electron chi connectivity index (χ0n) is 14.9. The molecule has 0 saturated carbocycles. The quantitative estimate of drug-likeness (QED) is 0.703. The molecule has 1 N–H and O–H groups in total.